The second-order valence-corrected chi connectivity index (χ2v) is 9.42. The van der Waals surface area contributed by atoms with E-state index >= 15 is 0 Å². The summed E-state index contributed by atoms with van der Waals surface area (Å²) in [7, 11) is 5.30. The monoisotopic (exact) mass is 478 g/mol. The average Bonchev–Trinajstić information content (AvgIpc) is 2.87. The number of hydrogen-bond donors (Lipinski definition) is 0. The van der Waals surface area contributed by atoms with Crippen LogP contribution in [0.25, 0.3) is 0 Å². The van der Waals surface area contributed by atoms with Gasteiger partial charge >= 0.3 is 5.97 Å². The minimum atomic E-state index is -0.328. The minimum absolute atomic E-state index is 0.0726. The Morgan fingerprint density at radius 3 is 1.97 bits per heavy atom. The van der Waals surface area contributed by atoms with Crippen LogP contribution in [0.1, 0.15) is 45.8 Å². The van der Waals surface area contributed by atoms with Crippen molar-refractivity contribution in [2.45, 2.75) is 25.3 Å². The van der Waals surface area contributed by atoms with Gasteiger partial charge in [-0.15, -0.1) is 0 Å². The standard InChI is InChI=1S/C29H32F2N2O2/c1-32(2)26-13-8-23(27(18-26)29(34)35-3)19-33-16-14-22(15-17-33)28(20-4-9-24(30)10-5-20)21-6-11-25(31)12-7-21/h4-13,18,22,28H,14-17,19H2,1-3H3. The number of benzene rings is 3. The van der Waals surface area contributed by atoms with E-state index in [4.69, 9.17) is 4.74 Å². The SMILES string of the molecule is COC(=O)c1cc(N(C)C)ccc1CN1CCC(C(c2ccc(F)cc2)c2ccc(F)cc2)CC1. The average molecular weight is 479 g/mol. The molecule has 1 heterocycles. The van der Waals surface area contributed by atoms with E-state index < -0.39 is 0 Å². The second-order valence-electron chi connectivity index (χ2n) is 9.42. The van der Waals surface area contributed by atoms with Gasteiger partial charge in [0.15, 0.2) is 0 Å². The van der Waals surface area contributed by atoms with Gasteiger partial charge in [-0.2, -0.15) is 0 Å². The quantitative estimate of drug-likeness (QED) is 0.398. The van der Waals surface area contributed by atoms with E-state index in [0.717, 1.165) is 48.3 Å². The van der Waals surface area contributed by atoms with Crippen LogP contribution in [0.5, 0.6) is 0 Å². The van der Waals surface area contributed by atoms with E-state index in [0.29, 0.717) is 18.0 Å². The van der Waals surface area contributed by atoms with E-state index in [-0.39, 0.29) is 23.5 Å². The highest BCUT2D eigenvalue weighted by Crippen LogP contribution is 2.38. The van der Waals surface area contributed by atoms with Gasteiger partial charge in [0.05, 0.1) is 12.7 Å². The number of rotatable bonds is 7. The number of anilines is 1. The first kappa shape index (κ1) is 24.9. The summed E-state index contributed by atoms with van der Waals surface area (Å²) in [6, 6.07) is 19.2. The van der Waals surface area contributed by atoms with Gasteiger partial charge in [0.1, 0.15) is 11.6 Å². The third-order valence-corrected chi connectivity index (χ3v) is 6.97. The number of methoxy groups -OCH3 is 1. The first-order valence-corrected chi connectivity index (χ1v) is 12.0. The molecule has 1 aliphatic heterocycles. The van der Waals surface area contributed by atoms with Crippen LogP contribution >= 0.6 is 0 Å². The van der Waals surface area contributed by atoms with Crippen molar-refractivity contribution in [2.24, 2.45) is 5.92 Å². The van der Waals surface area contributed by atoms with Gasteiger partial charge in [0, 0.05) is 32.2 Å². The molecule has 184 valence electrons. The molecule has 0 spiro atoms. The van der Waals surface area contributed by atoms with Gasteiger partial charge in [-0.25, -0.2) is 13.6 Å². The van der Waals surface area contributed by atoms with Crippen molar-refractivity contribution < 1.29 is 18.3 Å². The molecule has 0 radical (unpaired) electrons. The van der Waals surface area contributed by atoms with Gasteiger partial charge in [0.2, 0.25) is 0 Å². The van der Waals surface area contributed by atoms with Gasteiger partial charge < -0.3 is 9.64 Å². The van der Waals surface area contributed by atoms with Gasteiger partial charge in [0.25, 0.3) is 0 Å². The molecule has 0 aromatic heterocycles. The lowest BCUT2D eigenvalue weighted by molar-refractivity contribution is 0.0597. The molecule has 1 aliphatic rings. The van der Waals surface area contributed by atoms with E-state index in [1.165, 1.54) is 31.4 Å². The van der Waals surface area contributed by atoms with Crippen LogP contribution in [-0.4, -0.2) is 45.2 Å². The van der Waals surface area contributed by atoms with Crippen LogP contribution in [-0.2, 0) is 11.3 Å². The number of ether oxygens (including phenoxy) is 1. The summed E-state index contributed by atoms with van der Waals surface area (Å²) in [6.45, 7) is 2.42. The van der Waals surface area contributed by atoms with Gasteiger partial charge in [-0.1, -0.05) is 30.3 Å². The number of hydrogen-bond acceptors (Lipinski definition) is 4. The Hall–Kier alpha value is -3.25. The molecule has 0 atom stereocenters. The third-order valence-electron chi connectivity index (χ3n) is 6.97. The first-order valence-electron chi connectivity index (χ1n) is 12.0. The van der Waals surface area contributed by atoms with E-state index in [9.17, 15) is 13.6 Å². The Labute approximate surface area is 206 Å². The molecule has 3 aromatic rings. The summed E-state index contributed by atoms with van der Waals surface area (Å²) in [5, 5.41) is 0. The first-order chi connectivity index (χ1) is 16.9. The topological polar surface area (TPSA) is 32.8 Å². The molecular weight excluding hydrogens is 446 g/mol. The molecule has 1 saturated heterocycles. The molecule has 0 N–H and O–H groups in total. The van der Waals surface area contributed by atoms with E-state index in [1.54, 1.807) is 0 Å². The Balaban J connectivity index is 1.51. The predicted octanol–water partition coefficient (Wildman–Crippen LogP) is 5.86. The summed E-state index contributed by atoms with van der Waals surface area (Å²) in [5.41, 5.74) is 4.59. The molecule has 6 heteroatoms. The molecule has 0 unspecified atom stereocenters. The summed E-state index contributed by atoms with van der Waals surface area (Å²) in [6.07, 6.45) is 1.89. The number of piperidine rings is 1. The van der Waals surface area contributed by atoms with Crippen molar-refractivity contribution in [3.63, 3.8) is 0 Å². The van der Waals surface area contributed by atoms with Gasteiger partial charge in [-0.3, -0.25) is 4.90 Å². The molecule has 1 fully saturated rings. The molecule has 4 rings (SSSR count). The van der Waals surface area contributed by atoms with Crippen LogP contribution in [0.4, 0.5) is 14.5 Å². The van der Waals surface area contributed by atoms with E-state index in [2.05, 4.69) is 4.90 Å². The fourth-order valence-electron chi connectivity index (χ4n) is 5.04. The molecule has 0 aliphatic carbocycles. The maximum atomic E-state index is 13.6. The molecule has 35 heavy (non-hydrogen) atoms. The number of nitrogens with zero attached hydrogens (tertiary/aromatic N) is 2. The zero-order chi connectivity index (χ0) is 24.9. The Kier molecular flexibility index (Phi) is 7.81. The van der Waals surface area contributed by atoms with Gasteiger partial charge in [-0.05, 0) is 84.9 Å². The Morgan fingerprint density at radius 2 is 1.49 bits per heavy atom. The highest BCUT2D eigenvalue weighted by atomic mass is 19.1. The largest absolute Gasteiger partial charge is 0.465 e. The number of carbonyl (C=O) groups is 1. The number of likely N-dealkylation sites (tertiary alicyclic amines) is 1. The fourth-order valence-corrected chi connectivity index (χ4v) is 5.04. The Morgan fingerprint density at radius 1 is 0.943 bits per heavy atom. The predicted molar refractivity (Wildman–Crippen MR) is 135 cm³/mol. The zero-order valence-corrected chi connectivity index (χ0v) is 20.5. The number of esters is 1. The van der Waals surface area contributed by atoms with Crippen LogP contribution in [0, 0.1) is 17.6 Å². The summed E-state index contributed by atoms with van der Waals surface area (Å²) in [4.78, 5) is 16.8. The lowest BCUT2D eigenvalue weighted by Gasteiger charge is -2.37. The Bertz CT molecular complexity index is 1090. The summed E-state index contributed by atoms with van der Waals surface area (Å²) in [5.74, 6) is -0.431. The highest BCUT2D eigenvalue weighted by Gasteiger charge is 2.29. The third kappa shape index (κ3) is 5.88. The maximum absolute atomic E-state index is 13.6. The minimum Gasteiger partial charge on any atom is -0.465 e. The van der Waals surface area contributed by atoms with Crippen molar-refractivity contribution in [2.75, 3.05) is 39.2 Å². The van der Waals surface area contributed by atoms with Crippen molar-refractivity contribution in [1.82, 2.24) is 4.90 Å². The zero-order valence-electron chi connectivity index (χ0n) is 20.5. The fraction of sp³-hybridized carbons (Fsp3) is 0.345. The van der Waals surface area contributed by atoms with Crippen LogP contribution in [0.3, 0.4) is 0 Å². The van der Waals surface area contributed by atoms with Crippen LogP contribution in [0.2, 0.25) is 0 Å². The number of halogens is 2. The van der Waals surface area contributed by atoms with E-state index in [1.807, 2.05) is 61.5 Å². The molecule has 3 aromatic carbocycles. The summed E-state index contributed by atoms with van der Waals surface area (Å²) >= 11 is 0. The highest BCUT2D eigenvalue weighted by molar-refractivity contribution is 5.92. The van der Waals surface area contributed by atoms with Crippen LogP contribution in [0.15, 0.2) is 66.7 Å². The summed E-state index contributed by atoms with van der Waals surface area (Å²) < 4.78 is 32.2. The molecule has 0 saturated carbocycles. The van der Waals surface area contributed by atoms with Crippen molar-refractivity contribution in [3.8, 4) is 0 Å². The smallest absolute Gasteiger partial charge is 0.338 e. The maximum Gasteiger partial charge on any atom is 0.338 e. The number of carbonyl (C=O) groups excluding carboxylic acids is 1. The molecular formula is C29H32F2N2O2. The normalized spacial score (nSPS) is 14.8. The molecule has 0 bridgehead atoms. The lowest BCUT2D eigenvalue weighted by Crippen LogP contribution is -2.36. The molecule has 0 amide bonds. The molecule has 4 nitrogen and oxygen atoms in total. The van der Waals surface area contributed by atoms with Crippen molar-refractivity contribution in [3.05, 3.63) is 101 Å². The lowest BCUT2D eigenvalue weighted by atomic mass is 9.76. The van der Waals surface area contributed by atoms with Crippen molar-refractivity contribution in [1.29, 1.82) is 0 Å². The van der Waals surface area contributed by atoms with Crippen LogP contribution < -0.4 is 4.90 Å². The van der Waals surface area contributed by atoms with Crippen molar-refractivity contribution >= 4 is 11.7 Å². The second kappa shape index (κ2) is 11.0.